The molecule has 0 radical (unpaired) electrons. The molecule has 0 saturated carbocycles. The van der Waals surface area contributed by atoms with E-state index in [4.69, 9.17) is 5.73 Å². The summed E-state index contributed by atoms with van der Waals surface area (Å²) in [6.45, 7) is 0.741. The van der Waals surface area contributed by atoms with Crippen LogP contribution in [0, 0.1) is 0 Å². The Bertz CT molecular complexity index is 765. The molecule has 120 valence electrons. The van der Waals surface area contributed by atoms with E-state index in [9.17, 15) is 0 Å². The molecule has 1 atom stereocenters. The highest BCUT2D eigenvalue weighted by atomic mass is 14.9. The Kier molecular flexibility index (Phi) is 5.41. The van der Waals surface area contributed by atoms with E-state index in [-0.39, 0.29) is 5.92 Å². The minimum Gasteiger partial charge on any atom is -0.291 e. The molecule has 3 rings (SSSR count). The van der Waals surface area contributed by atoms with Gasteiger partial charge < -0.3 is 0 Å². The van der Waals surface area contributed by atoms with Gasteiger partial charge in [0.25, 0.3) is 0 Å². The summed E-state index contributed by atoms with van der Waals surface area (Å²) in [6.07, 6.45) is 0.887. The van der Waals surface area contributed by atoms with Gasteiger partial charge in [-0.25, -0.2) is 0 Å². The fourth-order valence-corrected chi connectivity index (χ4v) is 2.87. The van der Waals surface area contributed by atoms with Gasteiger partial charge in [0.1, 0.15) is 6.54 Å². The molecule has 2 nitrogen and oxygen atoms in total. The molecule has 0 bridgehead atoms. The second kappa shape index (κ2) is 8.11. The molecule has 3 N–H and O–H groups in total. The lowest BCUT2D eigenvalue weighted by Crippen LogP contribution is -2.75. The molecule has 0 aromatic heterocycles. The summed E-state index contributed by atoms with van der Waals surface area (Å²) in [5.74, 6) is 0.964. The molecule has 0 amide bonds. The predicted octanol–water partition coefficient (Wildman–Crippen LogP) is 2.65. The second-order valence-corrected chi connectivity index (χ2v) is 5.95. The number of nitrogens with one attached hydrogen (secondary N) is 1. The Balaban J connectivity index is 1.83. The maximum Gasteiger partial charge on any atom is 0.248 e. The van der Waals surface area contributed by atoms with Gasteiger partial charge in [-0.3, -0.25) is 10.7 Å². The van der Waals surface area contributed by atoms with Crippen LogP contribution in [0.15, 0.2) is 91.0 Å². The lowest BCUT2D eigenvalue weighted by molar-refractivity contribution is -0.478. The highest BCUT2D eigenvalue weighted by Gasteiger charge is 2.20. The lowest BCUT2D eigenvalue weighted by Gasteiger charge is -2.14. The summed E-state index contributed by atoms with van der Waals surface area (Å²) in [7, 11) is 0. The van der Waals surface area contributed by atoms with Crippen molar-refractivity contribution in [3.8, 4) is 0 Å². The van der Waals surface area contributed by atoms with E-state index >= 15 is 0 Å². The van der Waals surface area contributed by atoms with Crippen LogP contribution < -0.4 is 10.7 Å². The molecule has 24 heavy (non-hydrogen) atoms. The zero-order chi connectivity index (χ0) is 16.6. The van der Waals surface area contributed by atoms with E-state index < -0.39 is 0 Å². The standard InChI is InChI=1S/C22H22N2/c23-22(24-17-19-12-6-2-7-13-19)21(20-14-8-3-9-15-20)16-18-10-4-1-5-11-18/h1-15,21H,16-17H2,(H2,23,24)/p+1/t21-/m1/s1. The van der Waals surface area contributed by atoms with Crippen LogP contribution in [0.2, 0.25) is 0 Å². The normalized spacial score (nSPS) is 12.8. The number of nitrogens with two attached hydrogens (primary N) is 1. The van der Waals surface area contributed by atoms with Crippen LogP contribution in [-0.4, -0.2) is 5.84 Å². The molecular formula is C22H23N2+. The van der Waals surface area contributed by atoms with E-state index in [1.165, 1.54) is 16.7 Å². The molecule has 3 aromatic carbocycles. The van der Waals surface area contributed by atoms with Crippen molar-refractivity contribution >= 4 is 5.84 Å². The van der Waals surface area contributed by atoms with Crippen molar-refractivity contribution in [3.63, 3.8) is 0 Å². The van der Waals surface area contributed by atoms with Gasteiger partial charge in [0, 0.05) is 0 Å². The lowest BCUT2D eigenvalue weighted by atomic mass is 9.91. The minimum atomic E-state index is 0.150. The monoisotopic (exact) mass is 315 g/mol. The zero-order valence-corrected chi connectivity index (χ0v) is 13.7. The summed E-state index contributed by atoms with van der Waals surface area (Å²) in [4.78, 5) is 3.41. The molecule has 0 aliphatic rings. The third-order valence-electron chi connectivity index (χ3n) is 4.20. The Morgan fingerprint density at radius 1 is 0.708 bits per heavy atom. The molecule has 0 unspecified atom stereocenters. The van der Waals surface area contributed by atoms with Gasteiger partial charge in [-0.1, -0.05) is 91.0 Å². The third kappa shape index (κ3) is 4.32. The average Bonchev–Trinajstić information content (AvgIpc) is 2.66. The molecule has 0 fully saturated rings. The van der Waals surface area contributed by atoms with Crippen LogP contribution in [0.5, 0.6) is 0 Å². The van der Waals surface area contributed by atoms with Crippen molar-refractivity contribution in [1.82, 2.24) is 0 Å². The number of rotatable bonds is 6. The van der Waals surface area contributed by atoms with Gasteiger partial charge in [0.15, 0.2) is 0 Å². The number of hydrogen-bond donors (Lipinski definition) is 2. The van der Waals surface area contributed by atoms with E-state index in [0.717, 1.165) is 18.8 Å². The summed E-state index contributed by atoms with van der Waals surface area (Å²) in [6, 6.07) is 31.3. The molecule has 3 aromatic rings. The van der Waals surface area contributed by atoms with Gasteiger partial charge in [-0.05, 0) is 23.1 Å². The molecular weight excluding hydrogens is 292 g/mol. The first-order valence-electron chi connectivity index (χ1n) is 8.32. The molecule has 0 spiro atoms. The first kappa shape index (κ1) is 16.0. The van der Waals surface area contributed by atoms with Crippen molar-refractivity contribution in [2.75, 3.05) is 0 Å². The van der Waals surface area contributed by atoms with Gasteiger partial charge in [0.05, 0.1) is 5.92 Å². The quantitative estimate of drug-likeness (QED) is 0.533. The summed E-state index contributed by atoms with van der Waals surface area (Å²) >= 11 is 0. The highest BCUT2D eigenvalue weighted by Crippen LogP contribution is 2.19. The minimum absolute atomic E-state index is 0.150. The molecule has 2 heteroatoms. The fraction of sp³-hybridized carbons (Fsp3) is 0.136. The van der Waals surface area contributed by atoms with Crippen LogP contribution >= 0.6 is 0 Å². The van der Waals surface area contributed by atoms with Crippen molar-refractivity contribution in [3.05, 3.63) is 108 Å². The number of benzene rings is 3. The highest BCUT2D eigenvalue weighted by molar-refractivity contribution is 5.82. The number of hydrogen-bond acceptors (Lipinski definition) is 0. The van der Waals surface area contributed by atoms with E-state index in [1.54, 1.807) is 0 Å². The molecule has 0 aliphatic heterocycles. The fourth-order valence-electron chi connectivity index (χ4n) is 2.87. The SMILES string of the molecule is NC(=[NH+]Cc1ccccc1)[C@H](Cc1ccccc1)c1ccccc1. The maximum atomic E-state index is 6.45. The van der Waals surface area contributed by atoms with Crippen molar-refractivity contribution in [1.29, 1.82) is 0 Å². The van der Waals surface area contributed by atoms with E-state index in [1.807, 2.05) is 30.3 Å². The van der Waals surface area contributed by atoms with Crippen LogP contribution in [-0.2, 0) is 13.0 Å². The summed E-state index contributed by atoms with van der Waals surface area (Å²) in [5, 5.41) is 0. The van der Waals surface area contributed by atoms with Gasteiger partial charge in [-0.2, -0.15) is 0 Å². The van der Waals surface area contributed by atoms with Crippen LogP contribution in [0.25, 0.3) is 0 Å². The predicted molar refractivity (Wildman–Crippen MR) is 99.6 cm³/mol. The maximum absolute atomic E-state index is 6.45. The second-order valence-electron chi connectivity index (χ2n) is 5.95. The Morgan fingerprint density at radius 3 is 1.79 bits per heavy atom. The third-order valence-corrected chi connectivity index (χ3v) is 4.20. The molecule has 0 heterocycles. The first-order valence-corrected chi connectivity index (χ1v) is 8.32. The topological polar surface area (TPSA) is 40.0 Å². The van der Waals surface area contributed by atoms with Crippen LogP contribution in [0.1, 0.15) is 22.6 Å². The van der Waals surface area contributed by atoms with Crippen LogP contribution in [0.4, 0.5) is 0 Å². The van der Waals surface area contributed by atoms with E-state index in [2.05, 4.69) is 65.7 Å². The number of amidine groups is 1. The average molecular weight is 315 g/mol. The zero-order valence-electron chi connectivity index (χ0n) is 13.7. The molecule has 0 aliphatic carbocycles. The Hall–Kier alpha value is -2.87. The van der Waals surface area contributed by atoms with Crippen molar-refractivity contribution < 1.29 is 4.99 Å². The Morgan fingerprint density at radius 2 is 1.21 bits per heavy atom. The van der Waals surface area contributed by atoms with Crippen LogP contribution in [0.3, 0.4) is 0 Å². The summed E-state index contributed by atoms with van der Waals surface area (Å²) in [5.41, 5.74) is 10.2. The van der Waals surface area contributed by atoms with E-state index in [0.29, 0.717) is 0 Å². The van der Waals surface area contributed by atoms with Gasteiger partial charge in [-0.15, -0.1) is 0 Å². The first-order chi connectivity index (χ1) is 11.8. The molecule has 0 saturated heterocycles. The van der Waals surface area contributed by atoms with Gasteiger partial charge >= 0.3 is 0 Å². The van der Waals surface area contributed by atoms with Crippen molar-refractivity contribution in [2.45, 2.75) is 18.9 Å². The van der Waals surface area contributed by atoms with Gasteiger partial charge in [0.2, 0.25) is 5.84 Å². The summed E-state index contributed by atoms with van der Waals surface area (Å²) < 4.78 is 0. The Labute approximate surface area is 143 Å². The largest absolute Gasteiger partial charge is 0.291 e. The smallest absolute Gasteiger partial charge is 0.248 e. The van der Waals surface area contributed by atoms with Crippen molar-refractivity contribution in [2.24, 2.45) is 5.73 Å².